The first-order chi connectivity index (χ1) is 8.98. The van der Waals surface area contributed by atoms with Gasteiger partial charge >= 0.3 is 11.9 Å². The lowest BCUT2D eigenvalue weighted by molar-refractivity contribution is -0.169. The molecule has 0 rings (SSSR count). The third-order valence-corrected chi connectivity index (χ3v) is 2.74. The SMILES string of the molecule is CCC(CC)(OCCOCCOCC(=O)O)C(=O)O. The Labute approximate surface area is 112 Å². The second-order valence-electron chi connectivity index (χ2n) is 3.91. The maximum Gasteiger partial charge on any atom is 0.335 e. The van der Waals surface area contributed by atoms with Crippen LogP contribution in [-0.4, -0.2) is 60.8 Å². The van der Waals surface area contributed by atoms with Gasteiger partial charge in [-0.2, -0.15) is 0 Å². The Morgan fingerprint density at radius 3 is 1.95 bits per heavy atom. The van der Waals surface area contributed by atoms with Gasteiger partial charge in [-0.25, -0.2) is 9.59 Å². The Kier molecular flexibility index (Phi) is 9.11. The summed E-state index contributed by atoms with van der Waals surface area (Å²) in [6.07, 6.45) is 0.779. The van der Waals surface area contributed by atoms with Crippen LogP contribution in [-0.2, 0) is 23.8 Å². The minimum absolute atomic E-state index is 0.174. The summed E-state index contributed by atoms with van der Waals surface area (Å²) in [6, 6.07) is 0. The van der Waals surface area contributed by atoms with Gasteiger partial charge in [-0.15, -0.1) is 0 Å². The van der Waals surface area contributed by atoms with Crippen molar-refractivity contribution in [2.45, 2.75) is 32.3 Å². The van der Waals surface area contributed by atoms with Crippen molar-refractivity contribution in [2.75, 3.05) is 33.0 Å². The minimum Gasteiger partial charge on any atom is -0.480 e. The fraction of sp³-hybridized carbons (Fsp3) is 0.833. The Morgan fingerprint density at radius 2 is 1.47 bits per heavy atom. The van der Waals surface area contributed by atoms with E-state index in [0.29, 0.717) is 12.8 Å². The van der Waals surface area contributed by atoms with E-state index in [4.69, 9.17) is 24.4 Å². The molecule has 2 N–H and O–H groups in total. The number of carboxylic acid groups (broad SMARTS) is 2. The molecule has 0 fully saturated rings. The summed E-state index contributed by atoms with van der Waals surface area (Å²) in [5.41, 5.74) is -1.15. The van der Waals surface area contributed by atoms with Gasteiger partial charge in [0.2, 0.25) is 0 Å². The van der Waals surface area contributed by atoms with Crippen LogP contribution in [0.25, 0.3) is 0 Å². The van der Waals surface area contributed by atoms with Gasteiger partial charge in [-0.3, -0.25) is 0 Å². The highest BCUT2D eigenvalue weighted by molar-refractivity contribution is 5.77. The summed E-state index contributed by atoms with van der Waals surface area (Å²) in [7, 11) is 0. The summed E-state index contributed by atoms with van der Waals surface area (Å²) in [5.74, 6) is -2.00. The summed E-state index contributed by atoms with van der Waals surface area (Å²) >= 11 is 0. The predicted octanol–water partition coefficient (Wildman–Crippen LogP) is 0.764. The third kappa shape index (κ3) is 7.09. The van der Waals surface area contributed by atoms with Crippen LogP contribution in [0.3, 0.4) is 0 Å². The lowest BCUT2D eigenvalue weighted by Crippen LogP contribution is -2.41. The smallest absolute Gasteiger partial charge is 0.335 e. The van der Waals surface area contributed by atoms with Gasteiger partial charge in [-0.1, -0.05) is 13.8 Å². The van der Waals surface area contributed by atoms with Gasteiger partial charge in [0.05, 0.1) is 26.4 Å². The first kappa shape index (κ1) is 17.8. The van der Waals surface area contributed by atoms with Gasteiger partial charge in [0.1, 0.15) is 6.61 Å². The predicted molar refractivity (Wildman–Crippen MR) is 66.2 cm³/mol. The van der Waals surface area contributed by atoms with Crippen molar-refractivity contribution in [3.63, 3.8) is 0 Å². The van der Waals surface area contributed by atoms with Gasteiger partial charge in [-0.05, 0) is 12.8 Å². The number of rotatable bonds is 12. The molecule has 0 saturated heterocycles. The number of hydrogen-bond acceptors (Lipinski definition) is 5. The molecule has 0 amide bonds. The van der Waals surface area contributed by atoms with E-state index < -0.39 is 17.5 Å². The quantitative estimate of drug-likeness (QED) is 0.508. The number of carboxylic acids is 2. The monoisotopic (exact) mass is 278 g/mol. The molecular weight excluding hydrogens is 256 g/mol. The highest BCUT2D eigenvalue weighted by atomic mass is 16.6. The normalized spacial score (nSPS) is 11.5. The highest BCUT2D eigenvalue weighted by Crippen LogP contribution is 2.20. The van der Waals surface area contributed by atoms with Crippen molar-refractivity contribution in [1.29, 1.82) is 0 Å². The lowest BCUT2D eigenvalue weighted by atomic mass is 9.97. The fourth-order valence-electron chi connectivity index (χ4n) is 1.49. The lowest BCUT2D eigenvalue weighted by Gasteiger charge is -2.26. The van der Waals surface area contributed by atoms with Gasteiger partial charge in [0.25, 0.3) is 0 Å². The largest absolute Gasteiger partial charge is 0.480 e. The van der Waals surface area contributed by atoms with Crippen molar-refractivity contribution < 1.29 is 34.0 Å². The van der Waals surface area contributed by atoms with Crippen LogP contribution in [0.15, 0.2) is 0 Å². The van der Waals surface area contributed by atoms with Crippen LogP contribution in [0.5, 0.6) is 0 Å². The molecule has 0 aliphatic carbocycles. The average Bonchev–Trinajstić information content (AvgIpc) is 2.37. The van der Waals surface area contributed by atoms with Crippen LogP contribution >= 0.6 is 0 Å². The second-order valence-corrected chi connectivity index (χ2v) is 3.91. The summed E-state index contributed by atoms with van der Waals surface area (Å²) in [6.45, 7) is 4.01. The van der Waals surface area contributed by atoms with Crippen LogP contribution in [0, 0.1) is 0 Å². The van der Waals surface area contributed by atoms with Crippen molar-refractivity contribution in [1.82, 2.24) is 0 Å². The molecule has 0 aliphatic heterocycles. The molecule has 0 aromatic heterocycles. The molecule has 7 heteroatoms. The van der Waals surface area contributed by atoms with E-state index >= 15 is 0 Å². The molecule has 0 aromatic rings. The standard InChI is InChI=1S/C12H22O7/c1-3-12(4-2,11(15)16)19-8-7-17-5-6-18-9-10(13)14/h3-9H2,1-2H3,(H,13,14)(H,15,16). The zero-order valence-corrected chi connectivity index (χ0v) is 11.4. The maximum atomic E-state index is 11.1. The molecule has 0 unspecified atom stereocenters. The van der Waals surface area contributed by atoms with E-state index in [1.807, 2.05) is 0 Å². The van der Waals surface area contributed by atoms with E-state index in [0.717, 1.165) is 0 Å². The molecule has 0 spiro atoms. The van der Waals surface area contributed by atoms with Gasteiger partial charge in [0.15, 0.2) is 5.60 Å². The first-order valence-corrected chi connectivity index (χ1v) is 6.23. The van der Waals surface area contributed by atoms with E-state index in [1.165, 1.54) is 0 Å². The molecule has 0 aliphatic rings. The van der Waals surface area contributed by atoms with Crippen LogP contribution in [0.4, 0.5) is 0 Å². The van der Waals surface area contributed by atoms with Crippen molar-refractivity contribution in [3.8, 4) is 0 Å². The number of ether oxygens (including phenoxy) is 3. The fourth-order valence-corrected chi connectivity index (χ4v) is 1.49. The van der Waals surface area contributed by atoms with E-state index in [1.54, 1.807) is 13.8 Å². The van der Waals surface area contributed by atoms with Crippen molar-refractivity contribution in [2.24, 2.45) is 0 Å². The molecule has 0 aromatic carbocycles. The van der Waals surface area contributed by atoms with Crippen LogP contribution < -0.4 is 0 Å². The topological polar surface area (TPSA) is 102 Å². The zero-order chi connectivity index (χ0) is 14.7. The van der Waals surface area contributed by atoms with E-state index in [9.17, 15) is 9.59 Å². The zero-order valence-electron chi connectivity index (χ0n) is 11.4. The van der Waals surface area contributed by atoms with Crippen molar-refractivity contribution in [3.05, 3.63) is 0 Å². The minimum atomic E-state index is -1.15. The third-order valence-electron chi connectivity index (χ3n) is 2.74. The number of carbonyl (C=O) groups is 2. The van der Waals surface area contributed by atoms with Crippen LogP contribution in [0.2, 0.25) is 0 Å². The molecule has 19 heavy (non-hydrogen) atoms. The summed E-state index contributed by atoms with van der Waals surface area (Å²) in [4.78, 5) is 21.2. The average molecular weight is 278 g/mol. The number of hydrogen-bond donors (Lipinski definition) is 2. The Morgan fingerprint density at radius 1 is 0.947 bits per heavy atom. The molecule has 0 radical (unpaired) electrons. The Hall–Kier alpha value is -1.18. The van der Waals surface area contributed by atoms with Gasteiger partial charge in [0, 0.05) is 0 Å². The first-order valence-electron chi connectivity index (χ1n) is 6.23. The summed E-state index contributed by atoms with van der Waals surface area (Å²) in [5, 5.41) is 17.4. The molecular formula is C12H22O7. The van der Waals surface area contributed by atoms with Crippen molar-refractivity contribution >= 4 is 11.9 Å². The molecule has 0 atom stereocenters. The Bertz CT molecular complexity index is 273. The maximum absolute atomic E-state index is 11.1. The second kappa shape index (κ2) is 9.71. The van der Waals surface area contributed by atoms with Gasteiger partial charge < -0.3 is 24.4 Å². The molecule has 0 bridgehead atoms. The highest BCUT2D eigenvalue weighted by Gasteiger charge is 2.35. The number of aliphatic carboxylic acids is 2. The molecule has 0 saturated carbocycles. The molecule has 0 heterocycles. The van der Waals surface area contributed by atoms with Crippen LogP contribution in [0.1, 0.15) is 26.7 Å². The molecule has 7 nitrogen and oxygen atoms in total. The summed E-state index contributed by atoms with van der Waals surface area (Å²) < 4.78 is 15.3. The molecule has 112 valence electrons. The van der Waals surface area contributed by atoms with E-state index in [-0.39, 0.29) is 33.0 Å². The van der Waals surface area contributed by atoms with E-state index in [2.05, 4.69) is 0 Å². The Balaban J connectivity index is 3.67.